The van der Waals surface area contributed by atoms with Crippen LogP contribution in [-0.4, -0.2) is 24.6 Å². The smallest absolute Gasteiger partial charge is 0.0259 e. The average Bonchev–Trinajstić information content (AvgIpc) is 3.04. The van der Waals surface area contributed by atoms with E-state index in [0.717, 1.165) is 0 Å². The van der Waals surface area contributed by atoms with Gasteiger partial charge in [-0.3, -0.25) is 0 Å². The van der Waals surface area contributed by atoms with Gasteiger partial charge in [-0.15, -0.1) is 37.0 Å². The first-order valence-electron chi connectivity index (χ1n) is 18.7. The molecule has 0 bridgehead atoms. The van der Waals surface area contributed by atoms with Gasteiger partial charge in [-0.2, -0.15) is 0 Å². The molecule has 0 radical (unpaired) electrons. The van der Waals surface area contributed by atoms with Crippen molar-refractivity contribution >= 4 is 37.0 Å². The number of hydrogen-bond acceptors (Lipinski definition) is 0. The maximum absolute atomic E-state index is 2.81. The zero-order valence-electron chi connectivity index (χ0n) is 35.2. The van der Waals surface area contributed by atoms with Crippen molar-refractivity contribution in [3.8, 4) is 0 Å². The summed E-state index contributed by atoms with van der Waals surface area (Å²) in [5.41, 5.74) is 3.44. The summed E-state index contributed by atoms with van der Waals surface area (Å²) in [6.07, 6.45) is 17.8. The van der Waals surface area contributed by atoms with Crippen molar-refractivity contribution < 1.29 is 0 Å². The fourth-order valence-corrected chi connectivity index (χ4v) is 4.17. The van der Waals surface area contributed by atoms with E-state index in [-0.39, 0.29) is 0 Å². The van der Waals surface area contributed by atoms with Gasteiger partial charge >= 0.3 is 0 Å². The summed E-state index contributed by atoms with van der Waals surface area (Å²) < 4.78 is 0. The maximum Gasteiger partial charge on any atom is -0.0259 e. The normalized spacial score (nSPS) is 12.0. The van der Waals surface area contributed by atoms with Crippen molar-refractivity contribution in [1.82, 2.24) is 0 Å². The Balaban J connectivity index is -0.0000000987. The van der Waals surface area contributed by atoms with Crippen molar-refractivity contribution in [3.05, 3.63) is 0 Å². The van der Waals surface area contributed by atoms with E-state index >= 15 is 0 Å². The van der Waals surface area contributed by atoms with Crippen LogP contribution in [0.1, 0.15) is 203 Å². The van der Waals surface area contributed by atoms with Crippen molar-refractivity contribution in [3.63, 3.8) is 0 Å². The molecule has 0 saturated heterocycles. The molecule has 276 valence electrons. The van der Waals surface area contributed by atoms with Gasteiger partial charge in [0.05, 0.1) is 0 Å². The molecule has 44 heavy (non-hydrogen) atoms. The van der Waals surface area contributed by atoms with Crippen LogP contribution in [0.3, 0.4) is 0 Å². The Morgan fingerprint density at radius 2 is 0.500 bits per heavy atom. The Bertz CT molecular complexity index is 453. The first kappa shape index (κ1) is 58.0. The lowest BCUT2D eigenvalue weighted by atomic mass is 9.82. The summed E-state index contributed by atoms with van der Waals surface area (Å²) in [5.74, 6) is 0. The fourth-order valence-electron chi connectivity index (χ4n) is 2.06. The van der Waals surface area contributed by atoms with Crippen molar-refractivity contribution in [2.45, 2.75) is 203 Å². The lowest BCUT2D eigenvalue weighted by Gasteiger charge is -2.23. The van der Waals surface area contributed by atoms with Crippen LogP contribution < -0.4 is 0 Å². The van der Waals surface area contributed by atoms with Gasteiger partial charge in [0.2, 0.25) is 0 Å². The van der Waals surface area contributed by atoms with Gasteiger partial charge < -0.3 is 0 Å². The van der Waals surface area contributed by atoms with E-state index in [1.807, 2.05) is 0 Å². The van der Waals surface area contributed by atoms with Crippen molar-refractivity contribution in [2.75, 3.05) is 24.6 Å². The molecule has 0 aromatic heterocycles. The van der Waals surface area contributed by atoms with Crippen LogP contribution in [0.4, 0.5) is 0 Å². The molecule has 0 saturated carbocycles. The van der Waals surface area contributed by atoms with E-state index < -0.39 is 0 Å². The van der Waals surface area contributed by atoms with E-state index in [1.54, 1.807) is 0 Å². The minimum atomic E-state index is 0.542. The van der Waals surface area contributed by atoms with Gasteiger partial charge in [0.1, 0.15) is 0 Å². The lowest BCUT2D eigenvalue weighted by molar-refractivity contribution is 0.286. The molecule has 0 heterocycles. The Morgan fingerprint density at radius 3 is 0.500 bits per heavy atom. The Kier molecular flexibility index (Phi) is 42.1. The number of hydrogen-bond donors (Lipinski definition) is 0. The molecule has 0 aliphatic rings. The predicted molar refractivity (Wildman–Crippen MR) is 233 cm³/mol. The highest BCUT2D eigenvalue weighted by atomic mass is 31.0. The maximum atomic E-state index is 2.81. The van der Waals surface area contributed by atoms with Gasteiger partial charge in [-0.05, 0) is 57.1 Å². The van der Waals surface area contributed by atoms with Crippen LogP contribution in [0.2, 0.25) is 0 Å². The first-order valence-corrected chi connectivity index (χ1v) is 21.9. The third-order valence-electron chi connectivity index (χ3n) is 11.1. The predicted octanol–water partition coefficient (Wildman–Crippen LogP) is 15.6. The highest BCUT2D eigenvalue weighted by molar-refractivity contribution is 7.18. The van der Waals surface area contributed by atoms with E-state index in [9.17, 15) is 0 Å². The van der Waals surface area contributed by atoms with Crippen molar-refractivity contribution in [2.24, 2.45) is 32.5 Å². The van der Waals surface area contributed by atoms with Gasteiger partial charge in [0.15, 0.2) is 0 Å². The molecule has 0 aliphatic carbocycles. The van der Waals surface area contributed by atoms with Crippen LogP contribution in [0.25, 0.3) is 0 Å². The highest BCUT2D eigenvalue weighted by Crippen LogP contribution is 2.29. The average molecular weight is 701 g/mol. The quantitative estimate of drug-likeness (QED) is 0.168. The molecule has 0 N–H and O–H groups in total. The van der Waals surface area contributed by atoms with E-state index in [2.05, 4.69) is 175 Å². The second-order valence-corrected chi connectivity index (χ2v) is 18.3. The fraction of sp³-hybridized carbons (Fsp3) is 1.00. The summed E-state index contributed by atoms with van der Waals surface area (Å²) in [6, 6.07) is 0. The second kappa shape index (κ2) is 32.0. The van der Waals surface area contributed by atoms with Crippen LogP contribution in [0.5, 0.6) is 0 Å². The third-order valence-corrected chi connectivity index (χ3v) is 15.1. The molecule has 0 aromatic rings. The van der Waals surface area contributed by atoms with Crippen LogP contribution >= 0.6 is 37.0 Å². The summed E-state index contributed by atoms with van der Waals surface area (Å²) >= 11 is 0. The molecular formula is C40H96P4. The molecule has 4 atom stereocenters. The molecule has 0 aliphatic heterocycles. The van der Waals surface area contributed by atoms with E-state index in [1.165, 1.54) is 88.9 Å². The molecule has 0 fully saturated rings. The minimum absolute atomic E-state index is 0.542. The Hall–Kier alpha value is 1.72. The minimum Gasteiger partial charge on any atom is -0.137 e. The van der Waals surface area contributed by atoms with Crippen LogP contribution in [-0.2, 0) is 0 Å². The molecule has 0 amide bonds. The third kappa shape index (κ3) is 41.7. The summed E-state index contributed by atoms with van der Waals surface area (Å²) in [4.78, 5) is 0. The van der Waals surface area contributed by atoms with Gasteiger partial charge in [-0.1, -0.05) is 203 Å². The highest BCUT2D eigenvalue weighted by Gasteiger charge is 2.17. The van der Waals surface area contributed by atoms with Gasteiger partial charge in [-0.25, -0.2) is 0 Å². The molecule has 0 aromatic carbocycles. The van der Waals surface area contributed by atoms with Gasteiger partial charge in [0, 0.05) is 0 Å². The summed E-state index contributed by atoms with van der Waals surface area (Å²) in [5, 5.41) is 0. The van der Waals surface area contributed by atoms with Crippen LogP contribution in [0, 0.1) is 32.5 Å². The molecule has 4 heteroatoms. The first-order chi connectivity index (χ1) is 19.8. The largest absolute Gasteiger partial charge is 0.137 e. The molecule has 0 spiro atoms. The van der Waals surface area contributed by atoms with Crippen molar-refractivity contribution in [1.29, 1.82) is 0 Å². The molecule has 0 rings (SSSR count). The summed E-state index contributed by atoms with van der Waals surface area (Å²) in [7, 11) is 11.2. The monoisotopic (exact) mass is 701 g/mol. The Labute approximate surface area is 295 Å². The molecule has 0 nitrogen and oxygen atoms in total. The zero-order valence-corrected chi connectivity index (χ0v) is 39.8. The zero-order chi connectivity index (χ0) is 36.9. The standard InChI is InChI=1S/C8H18.C7H17P.C7H16.C6H16P2.C6H15P.C6H14/c1-5-8(4,6-2)7-3;1-4-7(3,5-2)6-8;1-5-7(3,4)6-2;1-3-6(2,4-7)5-8;1-4-6(2,3)5-7;1-5-6(2,3)4/h5-7H2,1-4H3;4-6,8H2,1-3H3;5-6H2,1-4H3;3-5,7-8H2,1-2H3;4-5,7H2,1-3H3;5H2,1-4H3. The SMILES string of the molecule is CCC(C)(C)C.CCC(C)(C)CC.CCC(C)(C)CP.CCC(C)(CC)CC.CCC(C)(CC)CP.CCC(C)(CP)CP. The Morgan fingerprint density at radius 1 is 0.273 bits per heavy atom. The lowest BCUT2D eigenvalue weighted by Crippen LogP contribution is -2.18. The molecular weight excluding hydrogens is 604 g/mol. The second-order valence-electron chi connectivity index (χ2n) is 16.7. The topological polar surface area (TPSA) is 0 Å². The van der Waals surface area contributed by atoms with E-state index in [4.69, 9.17) is 0 Å². The number of rotatable bonds is 13. The van der Waals surface area contributed by atoms with Gasteiger partial charge in [0.25, 0.3) is 0 Å². The van der Waals surface area contributed by atoms with Crippen LogP contribution in [0.15, 0.2) is 0 Å². The van der Waals surface area contributed by atoms with E-state index in [0.29, 0.717) is 32.5 Å². The molecule has 4 unspecified atom stereocenters. The summed E-state index contributed by atoms with van der Waals surface area (Å²) in [6.45, 7) is 45.4.